The molecule has 0 spiro atoms. The first kappa shape index (κ1) is 12.5. The van der Waals surface area contributed by atoms with E-state index in [0.29, 0.717) is 11.5 Å². The Morgan fingerprint density at radius 2 is 2.35 bits per heavy atom. The number of hydrogen-bond acceptors (Lipinski definition) is 3. The Bertz CT molecular complexity index is 470. The van der Waals surface area contributed by atoms with E-state index in [9.17, 15) is 4.79 Å². The maximum atomic E-state index is 11.8. The number of ketones is 1. The van der Waals surface area contributed by atoms with Gasteiger partial charge in [-0.2, -0.15) is 0 Å². The normalized spacial score (nSPS) is 16.6. The van der Waals surface area contributed by atoms with E-state index in [2.05, 4.69) is 44.8 Å². The van der Waals surface area contributed by atoms with Crippen molar-refractivity contribution in [1.29, 1.82) is 0 Å². The van der Waals surface area contributed by atoms with Crippen molar-refractivity contribution in [2.75, 3.05) is 9.66 Å². The van der Waals surface area contributed by atoms with Crippen molar-refractivity contribution in [2.45, 2.75) is 26.2 Å². The third-order valence-corrected chi connectivity index (χ3v) is 4.00. The lowest BCUT2D eigenvalue weighted by Gasteiger charge is -2.18. The molecule has 0 radical (unpaired) electrons. The molecule has 17 heavy (non-hydrogen) atoms. The Morgan fingerprint density at radius 1 is 1.59 bits per heavy atom. The highest BCUT2D eigenvalue weighted by Gasteiger charge is 2.18. The summed E-state index contributed by atoms with van der Waals surface area (Å²) in [5, 5.41) is 0. The molecule has 0 amide bonds. The van der Waals surface area contributed by atoms with Crippen molar-refractivity contribution in [3.8, 4) is 0 Å². The van der Waals surface area contributed by atoms with Crippen molar-refractivity contribution in [2.24, 2.45) is 0 Å². The monoisotopic (exact) mass is 342 g/mol. The highest BCUT2D eigenvalue weighted by Crippen LogP contribution is 2.29. The lowest BCUT2D eigenvalue weighted by molar-refractivity contribution is 0.104. The zero-order chi connectivity index (χ0) is 12.4. The molecule has 3 nitrogen and oxygen atoms in total. The molecule has 1 aromatic rings. The number of hydrogen-bond donors (Lipinski definition) is 0. The standard InChI is InChI=1S/C13H15IN2O/c1-3-9(2)11-7-12-10(8-15-11)13(17)5-4-6-16(12)14/h4-5,7-9H,3,6H2,1-2H3. The molecule has 0 saturated carbocycles. The molecule has 1 aromatic heterocycles. The summed E-state index contributed by atoms with van der Waals surface area (Å²) in [6.07, 6.45) is 6.28. The first-order chi connectivity index (χ1) is 8.13. The summed E-state index contributed by atoms with van der Waals surface area (Å²) >= 11 is 2.24. The molecule has 0 fully saturated rings. The molecule has 1 unspecified atom stereocenters. The van der Waals surface area contributed by atoms with E-state index in [1.807, 2.05) is 12.1 Å². The van der Waals surface area contributed by atoms with Gasteiger partial charge in [0.15, 0.2) is 5.78 Å². The Labute approximate surface area is 115 Å². The van der Waals surface area contributed by atoms with Crippen LogP contribution in [0, 0.1) is 0 Å². The molecule has 0 saturated heterocycles. The summed E-state index contributed by atoms with van der Waals surface area (Å²) in [4.78, 5) is 16.2. The van der Waals surface area contributed by atoms with Gasteiger partial charge in [0, 0.05) is 18.4 Å². The van der Waals surface area contributed by atoms with Crippen molar-refractivity contribution >= 4 is 34.3 Å². The number of allylic oxidation sites excluding steroid dienone is 1. The summed E-state index contributed by atoms with van der Waals surface area (Å²) in [7, 11) is 0. The van der Waals surface area contributed by atoms with Crippen LogP contribution in [0.1, 0.15) is 42.2 Å². The zero-order valence-electron chi connectivity index (χ0n) is 9.98. The van der Waals surface area contributed by atoms with Gasteiger partial charge >= 0.3 is 0 Å². The summed E-state index contributed by atoms with van der Waals surface area (Å²) in [6.45, 7) is 5.05. The van der Waals surface area contributed by atoms with Crippen LogP contribution in [-0.4, -0.2) is 17.3 Å². The van der Waals surface area contributed by atoms with Crippen LogP contribution < -0.4 is 3.11 Å². The van der Waals surface area contributed by atoms with E-state index in [1.165, 1.54) is 0 Å². The van der Waals surface area contributed by atoms with Crippen molar-refractivity contribution in [3.05, 3.63) is 35.7 Å². The molecular weight excluding hydrogens is 327 g/mol. The molecule has 1 aliphatic rings. The van der Waals surface area contributed by atoms with Gasteiger partial charge in [-0.1, -0.05) is 19.9 Å². The molecular formula is C13H15IN2O. The quantitative estimate of drug-likeness (QED) is 0.609. The predicted octanol–water partition coefficient (Wildman–Crippen LogP) is 3.50. The molecule has 0 bridgehead atoms. The minimum atomic E-state index is 0.0439. The van der Waals surface area contributed by atoms with Crippen LogP contribution in [0.15, 0.2) is 24.4 Å². The van der Waals surface area contributed by atoms with E-state index in [4.69, 9.17) is 0 Å². The van der Waals surface area contributed by atoms with Crippen LogP contribution in [0.4, 0.5) is 5.69 Å². The smallest absolute Gasteiger partial charge is 0.189 e. The molecule has 1 aliphatic heterocycles. The molecule has 0 N–H and O–H groups in total. The summed E-state index contributed by atoms with van der Waals surface area (Å²) in [5.41, 5.74) is 2.73. The van der Waals surface area contributed by atoms with Crippen LogP contribution in [0.3, 0.4) is 0 Å². The molecule has 1 atom stereocenters. The fourth-order valence-corrected chi connectivity index (χ4v) is 2.40. The average molecular weight is 342 g/mol. The van der Waals surface area contributed by atoms with Crippen molar-refractivity contribution in [3.63, 3.8) is 0 Å². The Hall–Kier alpha value is -0.910. The summed E-state index contributed by atoms with van der Waals surface area (Å²) in [6, 6.07) is 2.04. The number of aromatic nitrogens is 1. The first-order valence-corrected chi connectivity index (χ1v) is 6.74. The summed E-state index contributed by atoms with van der Waals surface area (Å²) in [5.74, 6) is 0.471. The maximum Gasteiger partial charge on any atom is 0.189 e. The van der Waals surface area contributed by atoms with E-state index < -0.39 is 0 Å². The fourth-order valence-electron chi connectivity index (χ4n) is 1.77. The second-order valence-corrected chi connectivity index (χ2v) is 5.41. The van der Waals surface area contributed by atoms with Gasteiger partial charge in [0.2, 0.25) is 0 Å². The third kappa shape index (κ3) is 2.51. The van der Waals surface area contributed by atoms with E-state index >= 15 is 0 Å². The van der Waals surface area contributed by atoms with Crippen LogP contribution >= 0.6 is 22.9 Å². The Morgan fingerprint density at radius 3 is 3.06 bits per heavy atom. The van der Waals surface area contributed by atoms with Gasteiger partial charge in [0.25, 0.3) is 0 Å². The van der Waals surface area contributed by atoms with Crippen LogP contribution in [-0.2, 0) is 0 Å². The van der Waals surface area contributed by atoms with E-state index in [-0.39, 0.29) is 5.78 Å². The molecule has 0 aliphatic carbocycles. The maximum absolute atomic E-state index is 11.8. The molecule has 2 heterocycles. The van der Waals surface area contributed by atoms with Crippen molar-refractivity contribution < 1.29 is 4.79 Å². The highest BCUT2D eigenvalue weighted by atomic mass is 127. The largest absolute Gasteiger partial charge is 0.310 e. The molecule has 90 valence electrons. The fraction of sp³-hybridized carbons (Fsp3) is 0.385. The number of anilines is 1. The van der Waals surface area contributed by atoms with Gasteiger partial charge in [-0.25, -0.2) is 0 Å². The van der Waals surface area contributed by atoms with Crippen LogP contribution in [0.2, 0.25) is 0 Å². The van der Waals surface area contributed by atoms with E-state index in [0.717, 1.165) is 24.3 Å². The van der Waals surface area contributed by atoms with Gasteiger partial charge in [-0.05, 0) is 24.5 Å². The van der Waals surface area contributed by atoms with Gasteiger partial charge in [-0.3, -0.25) is 9.78 Å². The second-order valence-electron chi connectivity index (χ2n) is 4.25. The van der Waals surface area contributed by atoms with E-state index in [1.54, 1.807) is 12.3 Å². The number of carbonyl (C=O) groups is 1. The number of rotatable bonds is 2. The van der Waals surface area contributed by atoms with Gasteiger partial charge < -0.3 is 3.11 Å². The third-order valence-electron chi connectivity index (χ3n) is 3.08. The predicted molar refractivity (Wildman–Crippen MR) is 77.8 cm³/mol. The van der Waals surface area contributed by atoms with Gasteiger partial charge in [0.05, 0.1) is 34.1 Å². The second kappa shape index (κ2) is 5.16. The Kier molecular flexibility index (Phi) is 3.81. The lowest BCUT2D eigenvalue weighted by atomic mass is 10.0. The van der Waals surface area contributed by atoms with Gasteiger partial charge in [-0.15, -0.1) is 0 Å². The lowest BCUT2D eigenvalue weighted by Crippen LogP contribution is -2.11. The van der Waals surface area contributed by atoms with Crippen LogP contribution in [0.25, 0.3) is 0 Å². The topological polar surface area (TPSA) is 33.2 Å². The average Bonchev–Trinajstić information content (AvgIpc) is 2.49. The Balaban J connectivity index is 2.48. The first-order valence-electron chi connectivity index (χ1n) is 5.77. The van der Waals surface area contributed by atoms with Crippen LogP contribution in [0.5, 0.6) is 0 Å². The number of halogens is 1. The molecule has 4 heteroatoms. The number of fused-ring (bicyclic) bond motifs is 1. The highest BCUT2D eigenvalue weighted by molar-refractivity contribution is 14.1. The molecule has 2 rings (SSSR count). The summed E-state index contributed by atoms with van der Waals surface area (Å²) < 4.78 is 2.06. The number of pyridine rings is 1. The number of carbonyl (C=O) groups excluding carboxylic acids is 1. The molecule has 0 aromatic carbocycles. The SMILES string of the molecule is CCC(C)c1cc2c(cn1)C(=O)C=CCN2I. The number of nitrogens with zero attached hydrogens (tertiary/aromatic N) is 2. The van der Waals surface area contributed by atoms with Gasteiger partial charge in [0.1, 0.15) is 0 Å². The zero-order valence-corrected chi connectivity index (χ0v) is 12.1. The minimum Gasteiger partial charge on any atom is -0.310 e. The minimum absolute atomic E-state index is 0.0439. The van der Waals surface area contributed by atoms with Crippen molar-refractivity contribution in [1.82, 2.24) is 4.98 Å².